The molecular formula is C27H28N2O4S. The minimum Gasteiger partial charge on any atom is -0.504 e. The second-order valence-corrected chi connectivity index (χ2v) is 10.9. The molecule has 0 amide bonds. The van der Waals surface area contributed by atoms with Gasteiger partial charge in [0.25, 0.3) is 0 Å². The molecular weight excluding hydrogens is 448 g/mol. The second kappa shape index (κ2) is 8.81. The van der Waals surface area contributed by atoms with Crippen LogP contribution in [0.15, 0.2) is 83.8 Å². The van der Waals surface area contributed by atoms with E-state index in [-0.39, 0.29) is 28.5 Å². The van der Waals surface area contributed by atoms with E-state index in [0.717, 1.165) is 28.8 Å². The average molecular weight is 477 g/mol. The summed E-state index contributed by atoms with van der Waals surface area (Å²) in [5.41, 5.74) is 3.56. The fraction of sp³-hybridized carbons (Fsp3) is 0.259. The van der Waals surface area contributed by atoms with Crippen molar-refractivity contribution in [2.24, 2.45) is 5.92 Å². The summed E-state index contributed by atoms with van der Waals surface area (Å²) in [6.07, 6.45) is 5.13. The van der Waals surface area contributed by atoms with Gasteiger partial charge in [-0.3, -0.25) is 0 Å². The molecule has 0 bridgehead atoms. The third kappa shape index (κ3) is 3.85. The molecule has 2 aliphatic rings. The SMILES string of the molecule is COc1cccc(C2Nc3ccc(S(=O)(=O)N(C)Cc4ccccc4)cc3C3C=CCC32)c1O. The van der Waals surface area contributed by atoms with E-state index in [1.165, 1.54) is 4.31 Å². The molecule has 0 radical (unpaired) electrons. The highest BCUT2D eigenvalue weighted by Gasteiger charge is 2.40. The number of hydrogen-bond donors (Lipinski definition) is 2. The first-order valence-electron chi connectivity index (χ1n) is 11.3. The third-order valence-corrected chi connectivity index (χ3v) is 8.68. The Morgan fingerprint density at radius 2 is 1.85 bits per heavy atom. The van der Waals surface area contributed by atoms with E-state index in [4.69, 9.17) is 4.74 Å². The van der Waals surface area contributed by atoms with Gasteiger partial charge in [0.1, 0.15) is 0 Å². The summed E-state index contributed by atoms with van der Waals surface area (Å²) < 4.78 is 33.4. The minimum atomic E-state index is -3.66. The highest BCUT2D eigenvalue weighted by atomic mass is 32.2. The van der Waals surface area contributed by atoms with Gasteiger partial charge in [0.15, 0.2) is 11.5 Å². The van der Waals surface area contributed by atoms with Crippen molar-refractivity contribution in [1.29, 1.82) is 0 Å². The third-order valence-electron chi connectivity index (χ3n) is 6.88. The van der Waals surface area contributed by atoms with Crippen LogP contribution in [-0.4, -0.2) is 32.0 Å². The van der Waals surface area contributed by atoms with E-state index >= 15 is 0 Å². The van der Waals surface area contributed by atoms with E-state index in [0.29, 0.717) is 12.3 Å². The largest absolute Gasteiger partial charge is 0.504 e. The number of rotatable bonds is 6. The fourth-order valence-electron chi connectivity index (χ4n) is 5.10. The molecule has 0 aromatic heterocycles. The van der Waals surface area contributed by atoms with E-state index in [1.807, 2.05) is 48.5 Å². The van der Waals surface area contributed by atoms with Gasteiger partial charge in [0.2, 0.25) is 10.0 Å². The van der Waals surface area contributed by atoms with Gasteiger partial charge in [0.05, 0.1) is 18.0 Å². The Bertz CT molecular complexity index is 1340. The number of aromatic hydroxyl groups is 1. The van der Waals surface area contributed by atoms with Crippen LogP contribution in [0.25, 0.3) is 0 Å². The summed E-state index contributed by atoms with van der Waals surface area (Å²) in [6.45, 7) is 0.307. The number of fused-ring (bicyclic) bond motifs is 3. The Morgan fingerprint density at radius 3 is 2.62 bits per heavy atom. The molecule has 0 saturated carbocycles. The lowest BCUT2D eigenvalue weighted by Crippen LogP contribution is -2.30. The van der Waals surface area contributed by atoms with Gasteiger partial charge in [-0.05, 0) is 47.7 Å². The van der Waals surface area contributed by atoms with Crippen molar-refractivity contribution in [3.05, 3.63) is 95.6 Å². The van der Waals surface area contributed by atoms with Crippen molar-refractivity contribution in [2.75, 3.05) is 19.5 Å². The molecule has 1 aliphatic heterocycles. The number of allylic oxidation sites excluding steroid dienone is 2. The van der Waals surface area contributed by atoms with Gasteiger partial charge >= 0.3 is 0 Å². The summed E-state index contributed by atoms with van der Waals surface area (Å²) in [6, 6.07) is 20.3. The van der Waals surface area contributed by atoms with Crippen molar-refractivity contribution < 1.29 is 18.3 Å². The monoisotopic (exact) mass is 476 g/mol. The number of phenolic OH excluding ortho intramolecular Hbond substituents is 1. The molecule has 0 saturated heterocycles. The maximum Gasteiger partial charge on any atom is 0.243 e. The first kappa shape index (κ1) is 22.5. The molecule has 3 unspecified atom stereocenters. The molecule has 1 heterocycles. The molecule has 34 heavy (non-hydrogen) atoms. The molecule has 1 aliphatic carbocycles. The number of sulfonamides is 1. The lowest BCUT2D eigenvalue weighted by molar-refractivity contribution is 0.358. The lowest BCUT2D eigenvalue weighted by atomic mass is 9.77. The number of anilines is 1. The first-order chi connectivity index (χ1) is 16.4. The molecule has 5 rings (SSSR count). The molecule has 176 valence electrons. The number of benzene rings is 3. The van der Waals surface area contributed by atoms with Crippen LogP contribution in [0.4, 0.5) is 5.69 Å². The molecule has 6 nitrogen and oxygen atoms in total. The predicted octanol–water partition coefficient (Wildman–Crippen LogP) is 5.05. The maximum absolute atomic E-state index is 13.4. The Morgan fingerprint density at radius 1 is 1.06 bits per heavy atom. The molecule has 0 spiro atoms. The molecule has 3 atom stereocenters. The topological polar surface area (TPSA) is 78.9 Å². The fourth-order valence-corrected chi connectivity index (χ4v) is 6.30. The van der Waals surface area contributed by atoms with E-state index < -0.39 is 10.0 Å². The molecule has 7 heteroatoms. The van der Waals surface area contributed by atoms with Crippen LogP contribution in [0.1, 0.15) is 35.1 Å². The Labute approximate surface area is 200 Å². The van der Waals surface area contributed by atoms with E-state index in [9.17, 15) is 13.5 Å². The van der Waals surface area contributed by atoms with Crippen molar-refractivity contribution in [2.45, 2.75) is 29.8 Å². The van der Waals surface area contributed by atoms with Gasteiger partial charge in [-0.1, -0.05) is 54.6 Å². The summed E-state index contributed by atoms with van der Waals surface area (Å²) in [5.74, 6) is 0.792. The van der Waals surface area contributed by atoms with E-state index in [2.05, 4.69) is 17.5 Å². The van der Waals surface area contributed by atoms with Crippen LogP contribution in [0.3, 0.4) is 0 Å². The number of phenols is 1. The Balaban J connectivity index is 1.48. The molecule has 2 N–H and O–H groups in total. The molecule has 3 aromatic rings. The normalized spacial score (nSPS) is 21.1. The zero-order chi connectivity index (χ0) is 23.9. The van der Waals surface area contributed by atoms with Crippen molar-refractivity contribution in [1.82, 2.24) is 4.31 Å². The van der Waals surface area contributed by atoms with Crippen LogP contribution in [-0.2, 0) is 16.6 Å². The van der Waals surface area contributed by atoms with Crippen molar-refractivity contribution in [3.63, 3.8) is 0 Å². The number of nitrogens with one attached hydrogen (secondary N) is 1. The first-order valence-corrected chi connectivity index (χ1v) is 12.8. The van der Waals surface area contributed by atoms with Crippen LogP contribution in [0, 0.1) is 5.92 Å². The van der Waals surface area contributed by atoms with Crippen LogP contribution in [0.2, 0.25) is 0 Å². The molecule has 0 fully saturated rings. The number of para-hydroxylation sites is 1. The zero-order valence-electron chi connectivity index (χ0n) is 19.2. The molecule has 3 aromatic carbocycles. The number of hydrogen-bond acceptors (Lipinski definition) is 5. The van der Waals surface area contributed by atoms with Crippen molar-refractivity contribution in [3.8, 4) is 11.5 Å². The summed E-state index contributed by atoms with van der Waals surface area (Å²) >= 11 is 0. The summed E-state index contributed by atoms with van der Waals surface area (Å²) in [4.78, 5) is 0.285. The zero-order valence-corrected chi connectivity index (χ0v) is 20.0. The Kier molecular flexibility index (Phi) is 5.83. The second-order valence-electron chi connectivity index (χ2n) is 8.87. The van der Waals surface area contributed by atoms with Gasteiger partial charge in [-0.15, -0.1) is 0 Å². The lowest BCUT2D eigenvalue weighted by Gasteiger charge is -2.38. The van der Waals surface area contributed by atoms with Gasteiger partial charge in [-0.2, -0.15) is 4.31 Å². The minimum absolute atomic E-state index is 0.0569. The summed E-state index contributed by atoms with van der Waals surface area (Å²) in [5, 5.41) is 14.3. The van der Waals surface area contributed by atoms with Crippen LogP contribution in [0.5, 0.6) is 11.5 Å². The van der Waals surface area contributed by atoms with Gasteiger partial charge < -0.3 is 15.2 Å². The van der Waals surface area contributed by atoms with Crippen LogP contribution < -0.4 is 10.1 Å². The number of nitrogens with zero attached hydrogens (tertiary/aromatic N) is 1. The highest BCUT2D eigenvalue weighted by molar-refractivity contribution is 7.89. The van der Waals surface area contributed by atoms with Crippen molar-refractivity contribution >= 4 is 15.7 Å². The maximum atomic E-state index is 13.4. The average Bonchev–Trinajstić information content (AvgIpc) is 3.34. The standard InChI is InChI=1S/C27H28N2O4S/c1-29(17-18-8-4-3-5-9-18)34(31,32)19-14-15-24-23(16-19)20-10-6-11-21(20)26(28-24)22-12-7-13-25(33-2)27(22)30/h3-10,12-16,20-21,26,28,30H,11,17H2,1-2H3. The predicted molar refractivity (Wildman–Crippen MR) is 133 cm³/mol. The van der Waals surface area contributed by atoms with Gasteiger partial charge in [0, 0.05) is 30.8 Å². The highest BCUT2D eigenvalue weighted by Crippen LogP contribution is 2.52. The quantitative estimate of drug-likeness (QED) is 0.487. The number of ether oxygens (including phenoxy) is 1. The smallest absolute Gasteiger partial charge is 0.243 e. The van der Waals surface area contributed by atoms with E-state index in [1.54, 1.807) is 32.4 Å². The summed E-state index contributed by atoms with van der Waals surface area (Å²) in [7, 11) is -0.504. The Hall–Kier alpha value is -3.29. The van der Waals surface area contributed by atoms with Gasteiger partial charge in [-0.25, -0.2) is 8.42 Å². The number of methoxy groups -OCH3 is 1. The van der Waals surface area contributed by atoms with Crippen LogP contribution >= 0.6 is 0 Å².